The summed E-state index contributed by atoms with van der Waals surface area (Å²) in [5.41, 5.74) is 3.82. The first kappa shape index (κ1) is 32.7. The van der Waals surface area contributed by atoms with E-state index in [0.717, 1.165) is 54.0 Å². The molecule has 2 aromatic carbocycles. The number of ketones is 1. The van der Waals surface area contributed by atoms with E-state index < -0.39 is 12.0 Å². The Balaban J connectivity index is 1.53. The summed E-state index contributed by atoms with van der Waals surface area (Å²) in [7, 11) is 3.01. The van der Waals surface area contributed by atoms with Gasteiger partial charge in [-0.05, 0) is 78.6 Å². The van der Waals surface area contributed by atoms with Gasteiger partial charge in [0.15, 0.2) is 29.2 Å². The molecule has 8 nitrogen and oxygen atoms in total. The molecular formula is C36H45N2O6+. The maximum atomic E-state index is 14.0. The van der Waals surface area contributed by atoms with Crippen molar-refractivity contribution in [2.75, 3.05) is 14.2 Å². The van der Waals surface area contributed by atoms with Crippen LogP contribution in [0.2, 0.25) is 0 Å². The zero-order chi connectivity index (χ0) is 31.5. The van der Waals surface area contributed by atoms with E-state index in [4.69, 9.17) is 9.47 Å². The number of phenols is 2. The normalized spacial score (nSPS) is 14.7. The summed E-state index contributed by atoms with van der Waals surface area (Å²) < 4.78 is 10.6. The van der Waals surface area contributed by atoms with Crippen molar-refractivity contribution in [1.29, 1.82) is 0 Å². The number of carbonyl (C=O) groups is 1. The number of aliphatic imine (C=N–C) groups is 1. The first-order valence-electron chi connectivity index (χ1n) is 15.4. The lowest BCUT2D eigenvalue weighted by Crippen LogP contribution is -2.30. The lowest BCUT2D eigenvalue weighted by Gasteiger charge is -2.24. The number of allylic oxidation sites excluding steroid dienone is 1. The number of methoxy groups -OCH3 is 2. The highest BCUT2D eigenvalue weighted by atomic mass is 16.5. The molecule has 4 rings (SSSR count). The zero-order valence-electron chi connectivity index (χ0n) is 26.0. The average molecular weight is 602 g/mol. The van der Waals surface area contributed by atoms with Gasteiger partial charge in [0, 0.05) is 37.6 Å². The number of benzene rings is 2. The third kappa shape index (κ3) is 9.16. The number of hydrogen-bond acceptors (Lipinski definition) is 7. The van der Waals surface area contributed by atoms with E-state index >= 15 is 0 Å². The maximum absolute atomic E-state index is 14.0. The molecule has 0 radical (unpaired) electrons. The predicted molar refractivity (Wildman–Crippen MR) is 172 cm³/mol. The minimum Gasteiger partial charge on any atom is -0.504 e. The molecule has 0 amide bonds. The zero-order valence-corrected chi connectivity index (χ0v) is 26.0. The number of hydrogen-bond donors (Lipinski definition) is 4. The maximum Gasteiger partial charge on any atom is 0.176 e. The van der Waals surface area contributed by atoms with Gasteiger partial charge in [0.25, 0.3) is 0 Å². The molecular weight excluding hydrogens is 556 g/mol. The number of aromatic nitrogens is 1. The molecule has 4 N–H and O–H groups in total. The Labute approximate surface area is 260 Å². The molecule has 44 heavy (non-hydrogen) atoms. The minimum atomic E-state index is -0.892. The fourth-order valence-electron chi connectivity index (χ4n) is 5.80. The monoisotopic (exact) mass is 601 g/mol. The van der Waals surface area contributed by atoms with Gasteiger partial charge < -0.3 is 29.8 Å². The van der Waals surface area contributed by atoms with Gasteiger partial charge in [-0.1, -0.05) is 31.9 Å². The summed E-state index contributed by atoms with van der Waals surface area (Å²) >= 11 is 0. The van der Waals surface area contributed by atoms with Gasteiger partial charge in [0.2, 0.25) is 0 Å². The van der Waals surface area contributed by atoms with Crippen LogP contribution in [0, 0.1) is 17.9 Å². The largest absolute Gasteiger partial charge is 0.504 e. The average Bonchev–Trinajstić information content (AvgIpc) is 3.70. The third-order valence-corrected chi connectivity index (χ3v) is 8.31. The molecule has 0 unspecified atom stereocenters. The third-order valence-electron chi connectivity index (χ3n) is 8.31. The molecule has 0 saturated heterocycles. The number of Topliss-reactive ketones (excluding diaryl/α,β-unsaturated/α-hetero) is 1. The van der Waals surface area contributed by atoms with Gasteiger partial charge in [0.1, 0.15) is 17.4 Å². The van der Waals surface area contributed by atoms with Crippen LogP contribution in [-0.4, -0.2) is 52.6 Å². The van der Waals surface area contributed by atoms with Gasteiger partial charge in [-0.25, -0.2) is 0 Å². The van der Waals surface area contributed by atoms with E-state index in [2.05, 4.69) is 23.0 Å². The van der Waals surface area contributed by atoms with Crippen LogP contribution >= 0.6 is 0 Å². The van der Waals surface area contributed by atoms with Crippen LogP contribution in [0.4, 0.5) is 0 Å². The number of aliphatic hydroxyl groups excluding tert-OH is 1. The van der Waals surface area contributed by atoms with Crippen molar-refractivity contribution in [3.8, 4) is 23.0 Å². The Morgan fingerprint density at radius 2 is 1.57 bits per heavy atom. The molecule has 3 aromatic rings. The Morgan fingerprint density at radius 1 is 0.909 bits per heavy atom. The topological polar surface area (TPSA) is 124 Å². The van der Waals surface area contributed by atoms with Crippen LogP contribution in [-0.2, 0) is 24.1 Å². The summed E-state index contributed by atoms with van der Waals surface area (Å²) in [4.78, 5) is 21.7. The number of aromatic hydroxyl groups is 2. The standard InChI is InChI=1S/C36H44N2O6/c1-4-5-6-7-30-18-27(23-38-30)17-29(15-25-9-11-32(40)36(20-25)44-3)34(42)21-33(41)28(16-26-12-13-37-22-26)14-24-8-10-31(39)35(19-24)43-2/h8-13,18-20,22-23,28-29,33,37,41H,4-7,14-17,21H2,1-3H3,(H-,39,40)/p+1/t28-,29+,33+/m0/s1. The summed E-state index contributed by atoms with van der Waals surface area (Å²) in [5, 5.41) is 31.7. The molecule has 0 fully saturated rings. The van der Waals surface area contributed by atoms with Crippen LogP contribution in [0.5, 0.6) is 23.0 Å². The summed E-state index contributed by atoms with van der Waals surface area (Å²) in [6, 6.07) is 13.3. The Hall–Kier alpha value is -4.17. The van der Waals surface area contributed by atoms with Crippen molar-refractivity contribution in [1.82, 2.24) is 4.98 Å². The number of aromatic amines is 1. The Bertz CT molecular complexity index is 1410. The van der Waals surface area contributed by atoms with Crippen LogP contribution in [0.3, 0.4) is 0 Å². The van der Waals surface area contributed by atoms with Crippen LogP contribution in [0.15, 0.2) is 71.5 Å². The fraction of sp³-hybridized carbons (Fsp3) is 0.417. The molecule has 0 saturated carbocycles. The quantitative estimate of drug-likeness (QED) is 0.0970. The summed E-state index contributed by atoms with van der Waals surface area (Å²) in [6.45, 7) is 2.18. The molecule has 8 heteroatoms. The first-order chi connectivity index (χ1) is 21.3. The minimum absolute atomic E-state index is 0.00167. The molecule has 1 aromatic heterocycles. The fourth-order valence-corrected chi connectivity index (χ4v) is 5.80. The van der Waals surface area contributed by atoms with Crippen molar-refractivity contribution in [2.24, 2.45) is 16.8 Å². The molecule has 234 valence electrons. The Kier molecular flexibility index (Phi) is 11.9. The highest BCUT2D eigenvalue weighted by Gasteiger charge is 2.31. The first-order valence-corrected chi connectivity index (χ1v) is 15.4. The number of aliphatic hydroxyl groups is 1. The number of nitrogens with one attached hydrogen (secondary N) is 1. The van der Waals surface area contributed by atoms with E-state index in [0.29, 0.717) is 37.2 Å². The van der Waals surface area contributed by atoms with Gasteiger partial charge >= 0.3 is 0 Å². The number of rotatable bonds is 18. The van der Waals surface area contributed by atoms with Gasteiger partial charge in [-0.3, -0.25) is 4.79 Å². The van der Waals surface area contributed by atoms with E-state index in [1.165, 1.54) is 14.2 Å². The second kappa shape index (κ2) is 16.1. The van der Waals surface area contributed by atoms with Crippen molar-refractivity contribution in [3.05, 3.63) is 89.2 Å². The second-order valence-corrected chi connectivity index (χ2v) is 11.7. The molecule has 0 bridgehead atoms. The van der Waals surface area contributed by atoms with Gasteiger partial charge in [-0.15, -0.1) is 4.99 Å². The molecule has 3 atom stereocenters. The second-order valence-electron chi connectivity index (χ2n) is 11.7. The summed E-state index contributed by atoms with van der Waals surface area (Å²) in [5.74, 6) is 0.162. The molecule has 0 spiro atoms. The number of nitrogens with zero attached hydrogens (tertiary/aromatic N) is 1. The predicted octanol–water partition coefficient (Wildman–Crippen LogP) is 6.54. The molecule has 1 aliphatic heterocycles. The van der Waals surface area contributed by atoms with Crippen molar-refractivity contribution < 1.29 is 29.6 Å². The van der Waals surface area contributed by atoms with Gasteiger partial charge in [-0.2, -0.15) is 0 Å². The SMILES string of the molecule is CCCCC[C+]1C=C(C[C@@H](Cc2ccc(O)c(OC)c2)C(=O)C[C@@H](O)[C@H](Cc2cc[nH]c2)Cc2ccc(O)c(OC)c2)C=N1. The molecule has 1 aliphatic rings. The number of H-pyrrole nitrogens is 1. The lowest BCUT2D eigenvalue weighted by molar-refractivity contribution is -0.125. The lowest BCUT2D eigenvalue weighted by atomic mass is 9.82. The van der Waals surface area contributed by atoms with E-state index in [1.807, 2.05) is 30.7 Å². The highest BCUT2D eigenvalue weighted by Crippen LogP contribution is 2.33. The number of phenolic OH excluding ortho intramolecular Hbond substituents is 2. The van der Waals surface area contributed by atoms with Crippen molar-refractivity contribution in [3.63, 3.8) is 0 Å². The van der Waals surface area contributed by atoms with Crippen LogP contribution in [0.25, 0.3) is 0 Å². The van der Waals surface area contributed by atoms with E-state index in [1.54, 1.807) is 30.3 Å². The Morgan fingerprint density at radius 3 is 2.18 bits per heavy atom. The van der Waals surface area contributed by atoms with Crippen molar-refractivity contribution >= 4 is 12.0 Å². The number of carbonyl (C=O) groups excluding carboxylic acids is 1. The molecule has 0 aliphatic carbocycles. The van der Waals surface area contributed by atoms with Crippen LogP contribution in [0.1, 0.15) is 62.1 Å². The van der Waals surface area contributed by atoms with Crippen molar-refractivity contribution in [2.45, 2.75) is 70.8 Å². The van der Waals surface area contributed by atoms with Gasteiger partial charge in [0.05, 0.1) is 26.4 Å². The van der Waals surface area contributed by atoms with E-state index in [-0.39, 0.29) is 29.6 Å². The van der Waals surface area contributed by atoms with Crippen LogP contribution < -0.4 is 9.47 Å². The number of ether oxygens (including phenoxy) is 2. The molecule has 2 heterocycles. The number of unbranched alkanes of at least 4 members (excludes halogenated alkanes) is 2. The highest BCUT2D eigenvalue weighted by molar-refractivity contribution is 5.87. The summed E-state index contributed by atoms with van der Waals surface area (Å²) in [6.07, 6.45) is 13.2. The van der Waals surface area contributed by atoms with E-state index in [9.17, 15) is 20.1 Å². The smallest absolute Gasteiger partial charge is 0.176 e.